The van der Waals surface area contributed by atoms with Crippen LogP contribution in [0.25, 0.3) is 22.3 Å². The van der Waals surface area contributed by atoms with E-state index >= 15 is 0 Å². The van der Waals surface area contributed by atoms with Gasteiger partial charge in [0.15, 0.2) is 22.7 Å². The molecule has 4 aromatic rings. The topological polar surface area (TPSA) is 76.4 Å². The molecule has 1 aromatic heterocycles. The Morgan fingerprint density at radius 1 is 0.689 bits per heavy atom. The van der Waals surface area contributed by atoms with E-state index in [1.807, 2.05) is 24.3 Å². The minimum atomic E-state index is -0.233. The van der Waals surface area contributed by atoms with E-state index in [0.717, 1.165) is 32.3 Å². The molecule has 0 aliphatic heterocycles. The van der Waals surface area contributed by atoms with Gasteiger partial charge in [-0.15, -0.1) is 0 Å². The van der Waals surface area contributed by atoms with Crippen LogP contribution in [0.1, 0.15) is 68.9 Å². The molecule has 0 spiro atoms. The standard InChI is InChI=1S/C38H44O7/c1-40-32-22-21-29(24-35(32)42-3)33-25-31(39)37-36(45-33)26-34(41-2)30(38(37)43-4)20-16-11-9-7-5-6-8-10-12-17-23-44-27-28-18-14-13-15-19-28/h13-15,18-19,21-22,24-26H,5-12,17,23,27H2,1-4H3. The van der Waals surface area contributed by atoms with Gasteiger partial charge in [0, 0.05) is 30.7 Å². The highest BCUT2D eigenvalue weighted by Crippen LogP contribution is 2.38. The molecule has 7 nitrogen and oxygen atoms in total. The van der Waals surface area contributed by atoms with Gasteiger partial charge in [0.05, 0.1) is 35.0 Å². The number of methoxy groups -OCH3 is 4. The van der Waals surface area contributed by atoms with Gasteiger partial charge in [-0.05, 0) is 36.6 Å². The Hall–Kier alpha value is -4.41. The van der Waals surface area contributed by atoms with E-state index in [1.54, 1.807) is 39.5 Å². The fraction of sp³-hybridized carbons (Fsp3) is 0.395. The Bertz CT molecular complexity index is 1630. The number of fused-ring (bicyclic) bond motifs is 1. The molecule has 0 bridgehead atoms. The molecule has 3 aromatic carbocycles. The molecule has 0 aliphatic rings. The number of hydrogen-bond acceptors (Lipinski definition) is 7. The summed E-state index contributed by atoms with van der Waals surface area (Å²) in [6, 6.07) is 18.8. The number of hydrogen-bond donors (Lipinski definition) is 0. The van der Waals surface area contributed by atoms with E-state index in [9.17, 15) is 4.79 Å². The zero-order chi connectivity index (χ0) is 31.9. The highest BCUT2D eigenvalue weighted by molar-refractivity contribution is 5.90. The Labute approximate surface area is 266 Å². The largest absolute Gasteiger partial charge is 0.495 e. The minimum Gasteiger partial charge on any atom is -0.495 e. The maximum atomic E-state index is 13.3. The molecule has 0 unspecified atom stereocenters. The van der Waals surface area contributed by atoms with Gasteiger partial charge in [-0.2, -0.15) is 0 Å². The van der Waals surface area contributed by atoms with E-state index in [-0.39, 0.29) is 5.43 Å². The highest BCUT2D eigenvalue weighted by Gasteiger charge is 2.19. The number of rotatable bonds is 17. The van der Waals surface area contributed by atoms with Crippen LogP contribution in [0, 0.1) is 11.8 Å². The quantitative estimate of drug-likeness (QED) is 0.0873. The van der Waals surface area contributed by atoms with Crippen molar-refractivity contribution < 1.29 is 28.1 Å². The second kappa shape index (κ2) is 17.8. The molecule has 0 fully saturated rings. The van der Waals surface area contributed by atoms with Gasteiger partial charge in [-0.3, -0.25) is 4.79 Å². The van der Waals surface area contributed by atoms with Crippen molar-refractivity contribution in [3.63, 3.8) is 0 Å². The second-order valence-corrected chi connectivity index (χ2v) is 10.8. The van der Waals surface area contributed by atoms with Crippen LogP contribution in [0.4, 0.5) is 0 Å². The number of ether oxygens (including phenoxy) is 5. The Kier molecular flexibility index (Phi) is 13.2. The van der Waals surface area contributed by atoms with E-state index < -0.39 is 0 Å². The lowest BCUT2D eigenvalue weighted by atomic mass is 10.1. The summed E-state index contributed by atoms with van der Waals surface area (Å²) in [5.41, 5.74) is 2.57. The van der Waals surface area contributed by atoms with Crippen LogP contribution >= 0.6 is 0 Å². The van der Waals surface area contributed by atoms with E-state index in [2.05, 4.69) is 24.0 Å². The van der Waals surface area contributed by atoms with Gasteiger partial charge in [0.1, 0.15) is 28.0 Å². The summed E-state index contributed by atoms with van der Waals surface area (Å²) >= 11 is 0. The molecular weight excluding hydrogens is 568 g/mol. The average Bonchev–Trinajstić information content (AvgIpc) is 3.07. The third-order valence-corrected chi connectivity index (χ3v) is 7.70. The highest BCUT2D eigenvalue weighted by atomic mass is 16.5. The van der Waals surface area contributed by atoms with Gasteiger partial charge in [-0.25, -0.2) is 0 Å². The predicted octanol–water partition coefficient (Wildman–Crippen LogP) is 8.57. The molecule has 0 saturated carbocycles. The second-order valence-electron chi connectivity index (χ2n) is 10.8. The van der Waals surface area contributed by atoms with Gasteiger partial charge < -0.3 is 28.1 Å². The summed E-state index contributed by atoms with van der Waals surface area (Å²) in [5.74, 6) is 8.82. The number of unbranched alkanes of at least 4 members (excludes halogenated alkanes) is 8. The fourth-order valence-corrected chi connectivity index (χ4v) is 5.27. The molecule has 1 heterocycles. The van der Waals surface area contributed by atoms with E-state index in [1.165, 1.54) is 50.8 Å². The average molecular weight is 613 g/mol. The van der Waals surface area contributed by atoms with Gasteiger partial charge in [-0.1, -0.05) is 80.7 Å². The van der Waals surface area contributed by atoms with Crippen LogP contribution in [-0.4, -0.2) is 35.0 Å². The molecule has 0 aliphatic carbocycles. The Morgan fingerprint density at radius 3 is 2.07 bits per heavy atom. The molecular formula is C38H44O7. The summed E-state index contributed by atoms with van der Waals surface area (Å²) in [6.07, 6.45) is 10.2. The summed E-state index contributed by atoms with van der Waals surface area (Å²) in [7, 11) is 6.23. The first-order chi connectivity index (χ1) is 22.1. The summed E-state index contributed by atoms with van der Waals surface area (Å²) in [4.78, 5) is 13.3. The van der Waals surface area contributed by atoms with Crippen LogP contribution in [0.5, 0.6) is 23.0 Å². The molecule has 0 atom stereocenters. The lowest BCUT2D eigenvalue weighted by molar-refractivity contribution is 0.116. The summed E-state index contributed by atoms with van der Waals surface area (Å²) < 4.78 is 34.0. The molecule has 45 heavy (non-hydrogen) atoms. The summed E-state index contributed by atoms with van der Waals surface area (Å²) in [5, 5.41) is 0.328. The zero-order valence-corrected chi connectivity index (χ0v) is 26.9. The molecule has 7 heteroatoms. The van der Waals surface area contributed by atoms with Crippen molar-refractivity contribution in [2.24, 2.45) is 0 Å². The third-order valence-electron chi connectivity index (χ3n) is 7.70. The first-order valence-electron chi connectivity index (χ1n) is 15.6. The van der Waals surface area contributed by atoms with Crippen LogP contribution in [0.15, 0.2) is 69.9 Å². The zero-order valence-electron chi connectivity index (χ0n) is 26.9. The molecule has 0 radical (unpaired) electrons. The normalized spacial score (nSPS) is 10.8. The van der Waals surface area contributed by atoms with Crippen molar-refractivity contribution in [3.8, 4) is 46.2 Å². The minimum absolute atomic E-state index is 0.233. The first-order valence-corrected chi connectivity index (χ1v) is 15.6. The van der Waals surface area contributed by atoms with Gasteiger partial charge in [0.25, 0.3) is 0 Å². The molecule has 238 valence electrons. The van der Waals surface area contributed by atoms with E-state index in [0.29, 0.717) is 57.5 Å². The fourth-order valence-electron chi connectivity index (χ4n) is 5.27. The van der Waals surface area contributed by atoms with Crippen molar-refractivity contribution in [1.29, 1.82) is 0 Å². The van der Waals surface area contributed by atoms with Crippen molar-refractivity contribution in [3.05, 3.63) is 82.0 Å². The van der Waals surface area contributed by atoms with Crippen molar-refractivity contribution in [2.45, 2.75) is 64.4 Å². The maximum absolute atomic E-state index is 13.3. The predicted molar refractivity (Wildman–Crippen MR) is 179 cm³/mol. The van der Waals surface area contributed by atoms with Crippen LogP contribution < -0.4 is 24.4 Å². The molecule has 4 rings (SSSR count). The lowest BCUT2D eigenvalue weighted by Crippen LogP contribution is -2.05. The van der Waals surface area contributed by atoms with Crippen LogP contribution in [0.3, 0.4) is 0 Å². The van der Waals surface area contributed by atoms with Crippen molar-refractivity contribution in [2.75, 3.05) is 35.0 Å². The van der Waals surface area contributed by atoms with Gasteiger partial charge >= 0.3 is 0 Å². The van der Waals surface area contributed by atoms with Crippen LogP contribution in [-0.2, 0) is 11.3 Å². The number of benzene rings is 3. The maximum Gasteiger partial charge on any atom is 0.197 e. The first kappa shape index (κ1) is 33.5. The van der Waals surface area contributed by atoms with Crippen molar-refractivity contribution >= 4 is 11.0 Å². The van der Waals surface area contributed by atoms with E-state index in [4.69, 9.17) is 28.1 Å². The smallest absolute Gasteiger partial charge is 0.197 e. The Balaban J connectivity index is 1.27. The summed E-state index contributed by atoms with van der Waals surface area (Å²) in [6.45, 7) is 1.52. The molecule has 0 saturated heterocycles. The van der Waals surface area contributed by atoms with Gasteiger partial charge in [0.2, 0.25) is 0 Å². The molecule has 0 amide bonds. The lowest BCUT2D eigenvalue weighted by Gasteiger charge is -2.13. The third kappa shape index (κ3) is 9.29. The van der Waals surface area contributed by atoms with Crippen LogP contribution in [0.2, 0.25) is 0 Å². The molecule has 0 N–H and O–H groups in total. The Morgan fingerprint density at radius 2 is 1.38 bits per heavy atom. The van der Waals surface area contributed by atoms with Crippen molar-refractivity contribution in [1.82, 2.24) is 0 Å². The monoisotopic (exact) mass is 612 g/mol. The SMILES string of the molecule is COc1ccc(-c2cc(=O)c3c(OC)c(C#CCCCCCCCCCCOCc4ccccc4)c(OC)cc3o2)cc1OC.